The van der Waals surface area contributed by atoms with Gasteiger partial charge in [-0.25, -0.2) is 0 Å². The van der Waals surface area contributed by atoms with Gasteiger partial charge in [-0.15, -0.1) is 0 Å². The Morgan fingerprint density at radius 1 is 1.40 bits per heavy atom. The van der Waals surface area contributed by atoms with E-state index in [1.165, 1.54) is 0 Å². The summed E-state index contributed by atoms with van der Waals surface area (Å²) in [4.78, 5) is 0. The zero-order valence-electron chi connectivity index (χ0n) is 6.42. The van der Waals surface area contributed by atoms with Gasteiger partial charge in [0.15, 0.2) is 0 Å². The molecule has 0 aliphatic heterocycles. The minimum atomic E-state index is -0.179. The summed E-state index contributed by atoms with van der Waals surface area (Å²) in [5.74, 6) is 2.00. The molecular formula is C7H16O2S. The highest BCUT2D eigenvalue weighted by molar-refractivity contribution is 7.99. The topological polar surface area (TPSA) is 40.5 Å². The van der Waals surface area contributed by atoms with Crippen molar-refractivity contribution in [3.05, 3.63) is 0 Å². The van der Waals surface area contributed by atoms with E-state index in [2.05, 4.69) is 0 Å². The molecule has 0 saturated heterocycles. The number of hydrogen-bond donors (Lipinski definition) is 2. The van der Waals surface area contributed by atoms with Gasteiger partial charge in [0.1, 0.15) is 0 Å². The summed E-state index contributed by atoms with van der Waals surface area (Å²) in [6.07, 6.45) is 1.54. The van der Waals surface area contributed by atoms with E-state index in [0.29, 0.717) is 0 Å². The maximum Gasteiger partial charge on any atom is 0.0520 e. The third kappa shape index (κ3) is 8.27. The van der Waals surface area contributed by atoms with Crippen LogP contribution in [0.4, 0.5) is 0 Å². The average Bonchev–Trinajstić information content (AvgIpc) is 1.87. The van der Waals surface area contributed by atoms with E-state index in [4.69, 9.17) is 10.2 Å². The monoisotopic (exact) mass is 164 g/mol. The first-order valence-electron chi connectivity index (χ1n) is 3.64. The number of aliphatic hydroxyl groups excluding tert-OH is 2. The highest BCUT2D eigenvalue weighted by Crippen LogP contribution is 2.05. The van der Waals surface area contributed by atoms with Crippen LogP contribution in [0.5, 0.6) is 0 Å². The second-order valence-corrected chi connectivity index (χ2v) is 3.55. The third-order valence-electron chi connectivity index (χ3n) is 1.13. The molecule has 0 spiro atoms. The molecule has 10 heavy (non-hydrogen) atoms. The van der Waals surface area contributed by atoms with E-state index in [1.54, 1.807) is 18.7 Å². The molecule has 0 radical (unpaired) electrons. The minimum absolute atomic E-state index is 0.179. The van der Waals surface area contributed by atoms with E-state index in [1.807, 2.05) is 0 Å². The van der Waals surface area contributed by atoms with Gasteiger partial charge in [-0.2, -0.15) is 11.8 Å². The van der Waals surface area contributed by atoms with Crippen molar-refractivity contribution < 1.29 is 10.2 Å². The van der Waals surface area contributed by atoms with Gasteiger partial charge in [0.25, 0.3) is 0 Å². The Kier molecular flexibility index (Phi) is 7.58. The summed E-state index contributed by atoms with van der Waals surface area (Å²) >= 11 is 1.79. The Bertz CT molecular complexity index is 66.6. The van der Waals surface area contributed by atoms with E-state index in [-0.39, 0.29) is 12.7 Å². The number of thioether (sulfide) groups is 1. The van der Waals surface area contributed by atoms with Crippen LogP contribution in [0.1, 0.15) is 19.8 Å². The van der Waals surface area contributed by atoms with Crippen molar-refractivity contribution in [3.63, 3.8) is 0 Å². The zero-order chi connectivity index (χ0) is 7.82. The Balaban J connectivity index is 2.77. The summed E-state index contributed by atoms with van der Waals surface area (Å²) in [6, 6.07) is 0. The second kappa shape index (κ2) is 7.38. The van der Waals surface area contributed by atoms with Crippen molar-refractivity contribution in [1.29, 1.82) is 0 Å². The smallest absolute Gasteiger partial charge is 0.0520 e. The Labute approximate surface area is 66.6 Å². The first kappa shape index (κ1) is 10.3. The highest BCUT2D eigenvalue weighted by atomic mass is 32.2. The maximum atomic E-state index is 8.85. The quantitative estimate of drug-likeness (QED) is 0.572. The molecule has 62 valence electrons. The summed E-state index contributed by atoms with van der Waals surface area (Å²) in [6.45, 7) is 2.08. The van der Waals surface area contributed by atoms with Crippen LogP contribution in [0.2, 0.25) is 0 Å². The summed E-state index contributed by atoms with van der Waals surface area (Å²) in [5, 5.41) is 17.3. The van der Waals surface area contributed by atoms with Gasteiger partial charge in [-0.3, -0.25) is 0 Å². The molecule has 0 amide bonds. The van der Waals surface area contributed by atoms with Gasteiger partial charge < -0.3 is 10.2 Å². The van der Waals surface area contributed by atoms with E-state index in [0.717, 1.165) is 24.3 Å². The van der Waals surface area contributed by atoms with Gasteiger partial charge in [-0.05, 0) is 31.3 Å². The third-order valence-corrected chi connectivity index (χ3v) is 2.23. The normalized spacial score (nSPS) is 13.5. The lowest BCUT2D eigenvalue weighted by Gasteiger charge is -2.02. The van der Waals surface area contributed by atoms with Crippen molar-refractivity contribution in [2.24, 2.45) is 0 Å². The van der Waals surface area contributed by atoms with Crippen LogP contribution in [0.15, 0.2) is 0 Å². The molecule has 2 nitrogen and oxygen atoms in total. The molecule has 0 heterocycles. The number of aliphatic hydroxyl groups is 2. The largest absolute Gasteiger partial charge is 0.396 e. The van der Waals surface area contributed by atoms with Crippen LogP contribution >= 0.6 is 11.8 Å². The van der Waals surface area contributed by atoms with Crippen LogP contribution in [0.25, 0.3) is 0 Å². The molecule has 0 aromatic carbocycles. The lowest BCUT2D eigenvalue weighted by atomic mass is 10.3. The van der Waals surface area contributed by atoms with Crippen molar-refractivity contribution in [1.82, 2.24) is 0 Å². The van der Waals surface area contributed by atoms with Gasteiger partial charge in [0, 0.05) is 6.61 Å². The molecule has 0 aromatic rings. The van der Waals surface area contributed by atoms with Gasteiger partial charge in [0.2, 0.25) is 0 Å². The predicted octanol–water partition coefficient (Wildman–Crippen LogP) is 0.873. The summed E-state index contributed by atoms with van der Waals surface area (Å²) in [7, 11) is 0. The molecular weight excluding hydrogens is 148 g/mol. The molecule has 0 rings (SSSR count). The fourth-order valence-corrected chi connectivity index (χ4v) is 1.57. The van der Waals surface area contributed by atoms with E-state index in [9.17, 15) is 0 Å². The average molecular weight is 164 g/mol. The van der Waals surface area contributed by atoms with Crippen LogP contribution in [-0.2, 0) is 0 Å². The van der Waals surface area contributed by atoms with Crippen molar-refractivity contribution in [2.45, 2.75) is 25.9 Å². The zero-order valence-corrected chi connectivity index (χ0v) is 7.23. The van der Waals surface area contributed by atoms with Crippen LogP contribution in [0, 0.1) is 0 Å². The van der Waals surface area contributed by atoms with Gasteiger partial charge in [-0.1, -0.05) is 0 Å². The SMILES string of the molecule is CC(O)CCSCCCO. The summed E-state index contributed by atoms with van der Waals surface area (Å²) in [5.41, 5.74) is 0. The predicted molar refractivity (Wildman–Crippen MR) is 45.3 cm³/mol. The molecule has 1 unspecified atom stereocenters. The first-order valence-corrected chi connectivity index (χ1v) is 4.79. The van der Waals surface area contributed by atoms with Crippen LogP contribution in [0.3, 0.4) is 0 Å². The van der Waals surface area contributed by atoms with Crippen molar-refractivity contribution >= 4 is 11.8 Å². The second-order valence-electron chi connectivity index (χ2n) is 2.33. The molecule has 0 fully saturated rings. The molecule has 0 aliphatic rings. The van der Waals surface area contributed by atoms with E-state index < -0.39 is 0 Å². The molecule has 2 N–H and O–H groups in total. The van der Waals surface area contributed by atoms with Gasteiger partial charge in [0.05, 0.1) is 6.10 Å². The molecule has 0 aromatic heterocycles. The number of hydrogen-bond acceptors (Lipinski definition) is 3. The first-order chi connectivity index (χ1) is 4.77. The Morgan fingerprint density at radius 2 is 2.10 bits per heavy atom. The number of rotatable bonds is 6. The van der Waals surface area contributed by atoms with Crippen molar-refractivity contribution in [3.8, 4) is 0 Å². The summed E-state index contributed by atoms with van der Waals surface area (Å²) < 4.78 is 0. The fourth-order valence-electron chi connectivity index (χ4n) is 0.523. The molecule has 1 atom stereocenters. The fraction of sp³-hybridized carbons (Fsp3) is 1.00. The lowest BCUT2D eigenvalue weighted by molar-refractivity contribution is 0.192. The molecule has 0 aliphatic carbocycles. The minimum Gasteiger partial charge on any atom is -0.396 e. The standard InChI is InChI=1S/C7H16O2S/c1-7(9)3-6-10-5-2-4-8/h7-9H,2-6H2,1H3. The molecule has 0 saturated carbocycles. The van der Waals surface area contributed by atoms with Gasteiger partial charge >= 0.3 is 0 Å². The highest BCUT2D eigenvalue weighted by Gasteiger charge is 1.94. The van der Waals surface area contributed by atoms with Crippen LogP contribution < -0.4 is 0 Å². The molecule has 3 heteroatoms. The maximum absolute atomic E-state index is 8.85. The Hall–Kier alpha value is 0.270. The van der Waals surface area contributed by atoms with Crippen molar-refractivity contribution in [2.75, 3.05) is 18.1 Å². The lowest BCUT2D eigenvalue weighted by Crippen LogP contribution is -2.01. The van der Waals surface area contributed by atoms with E-state index >= 15 is 0 Å². The van der Waals surface area contributed by atoms with Crippen LogP contribution in [-0.4, -0.2) is 34.4 Å². The Morgan fingerprint density at radius 3 is 2.60 bits per heavy atom. The molecule has 0 bridgehead atoms.